The fourth-order valence-electron chi connectivity index (χ4n) is 0.601. The van der Waals surface area contributed by atoms with E-state index < -0.39 is 12.0 Å². The molecule has 0 fully saturated rings. The highest BCUT2D eigenvalue weighted by Crippen LogP contribution is 1.97. The van der Waals surface area contributed by atoms with Gasteiger partial charge in [-0.25, -0.2) is 4.79 Å². The van der Waals surface area contributed by atoms with Gasteiger partial charge in [-0.05, 0) is 6.92 Å². The summed E-state index contributed by atoms with van der Waals surface area (Å²) in [5, 5.41) is 0. The van der Waals surface area contributed by atoms with Gasteiger partial charge in [-0.15, -0.1) is 0 Å². The van der Waals surface area contributed by atoms with E-state index in [0.29, 0.717) is 0 Å². The molecule has 1 amide bonds. The molecule has 0 bridgehead atoms. The molecule has 0 aromatic carbocycles. The molecule has 0 radical (unpaired) electrons. The summed E-state index contributed by atoms with van der Waals surface area (Å²) in [7, 11) is 2.86. The number of methoxy groups -OCH3 is 1. The van der Waals surface area contributed by atoms with E-state index in [0.717, 1.165) is 0 Å². The van der Waals surface area contributed by atoms with Crippen molar-refractivity contribution in [3.8, 4) is 0 Å². The van der Waals surface area contributed by atoms with Crippen LogP contribution in [0, 0.1) is 0 Å². The Kier molecular flexibility index (Phi) is 3.57. The zero-order valence-electron chi connectivity index (χ0n) is 7.25. The molecule has 64 valence electrons. The molecule has 0 aromatic heterocycles. The predicted octanol–water partition coefficient (Wildman–Crippen LogP) is 0.0262. The Bertz CT molecular complexity index is 167. The molecule has 0 aliphatic rings. The van der Waals surface area contributed by atoms with Crippen molar-refractivity contribution in [2.24, 2.45) is 0 Å². The van der Waals surface area contributed by atoms with Crippen LogP contribution in [0.4, 0.5) is 0 Å². The van der Waals surface area contributed by atoms with Crippen molar-refractivity contribution in [2.45, 2.75) is 19.9 Å². The van der Waals surface area contributed by atoms with E-state index in [1.807, 2.05) is 0 Å². The zero-order chi connectivity index (χ0) is 9.02. The molecule has 11 heavy (non-hydrogen) atoms. The van der Waals surface area contributed by atoms with Crippen LogP contribution >= 0.6 is 0 Å². The lowest BCUT2D eigenvalue weighted by Crippen LogP contribution is -2.39. The van der Waals surface area contributed by atoms with Crippen LogP contribution in [0.25, 0.3) is 0 Å². The number of likely N-dealkylation sites (N-methyl/N-ethyl adjacent to an activating group) is 1. The zero-order valence-corrected chi connectivity index (χ0v) is 7.25. The number of hydrogen-bond donors (Lipinski definition) is 0. The number of carbonyl (C=O) groups excluding carboxylic acids is 2. The lowest BCUT2D eigenvalue weighted by Gasteiger charge is -2.20. The van der Waals surface area contributed by atoms with E-state index in [1.54, 1.807) is 14.0 Å². The van der Waals surface area contributed by atoms with E-state index in [-0.39, 0.29) is 5.91 Å². The van der Waals surface area contributed by atoms with Crippen molar-refractivity contribution in [2.75, 3.05) is 14.2 Å². The van der Waals surface area contributed by atoms with Crippen LogP contribution in [0.1, 0.15) is 13.8 Å². The second-order valence-corrected chi connectivity index (χ2v) is 2.33. The molecule has 0 heterocycles. The Balaban J connectivity index is 4.12. The summed E-state index contributed by atoms with van der Waals surface area (Å²) in [6.45, 7) is 3.02. The summed E-state index contributed by atoms with van der Waals surface area (Å²) < 4.78 is 4.45. The number of rotatable bonds is 2. The van der Waals surface area contributed by atoms with Crippen LogP contribution in [0.3, 0.4) is 0 Å². The Hall–Kier alpha value is -1.06. The first kappa shape index (κ1) is 9.94. The molecule has 4 heteroatoms. The van der Waals surface area contributed by atoms with Crippen molar-refractivity contribution in [1.29, 1.82) is 0 Å². The maximum absolute atomic E-state index is 10.8. The first-order valence-corrected chi connectivity index (χ1v) is 3.32. The number of carbonyl (C=O) groups is 2. The maximum Gasteiger partial charge on any atom is 0.328 e. The van der Waals surface area contributed by atoms with Crippen molar-refractivity contribution in [1.82, 2.24) is 4.90 Å². The topological polar surface area (TPSA) is 46.6 Å². The van der Waals surface area contributed by atoms with E-state index in [1.165, 1.54) is 18.9 Å². The van der Waals surface area contributed by atoms with Crippen molar-refractivity contribution < 1.29 is 14.3 Å². The lowest BCUT2D eigenvalue weighted by atomic mass is 10.3. The molecule has 0 rings (SSSR count). The Morgan fingerprint density at radius 1 is 1.45 bits per heavy atom. The molecule has 0 saturated carbocycles. The van der Waals surface area contributed by atoms with Gasteiger partial charge in [-0.2, -0.15) is 0 Å². The summed E-state index contributed by atoms with van der Waals surface area (Å²) in [4.78, 5) is 22.9. The van der Waals surface area contributed by atoms with Gasteiger partial charge in [0.15, 0.2) is 0 Å². The van der Waals surface area contributed by atoms with E-state index in [2.05, 4.69) is 4.74 Å². The Labute approximate surface area is 66.1 Å². The number of nitrogens with zero attached hydrogens (tertiary/aromatic N) is 1. The smallest absolute Gasteiger partial charge is 0.328 e. The lowest BCUT2D eigenvalue weighted by molar-refractivity contribution is -0.150. The Morgan fingerprint density at radius 2 is 1.91 bits per heavy atom. The monoisotopic (exact) mass is 159 g/mol. The number of esters is 1. The van der Waals surface area contributed by atoms with Crippen LogP contribution < -0.4 is 0 Å². The van der Waals surface area contributed by atoms with Gasteiger partial charge in [0.2, 0.25) is 5.91 Å². The van der Waals surface area contributed by atoms with Crippen LogP contribution in [-0.4, -0.2) is 37.0 Å². The second-order valence-electron chi connectivity index (χ2n) is 2.33. The van der Waals surface area contributed by atoms with Crippen LogP contribution in [0.15, 0.2) is 0 Å². The average Bonchev–Trinajstić information content (AvgIpc) is 2.00. The summed E-state index contributed by atoms with van der Waals surface area (Å²) in [6.07, 6.45) is 0. The first-order chi connectivity index (χ1) is 5.00. The van der Waals surface area contributed by atoms with Crippen LogP contribution in [-0.2, 0) is 14.3 Å². The highest BCUT2D eigenvalue weighted by Gasteiger charge is 2.19. The number of hydrogen-bond acceptors (Lipinski definition) is 3. The summed E-state index contributed by atoms with van der Waals surface area (Å²) in [5.74, 6) is -0.550. The SMILES string of the molecule is COC(=O)C(C)N(C)C(C)=O. The molecule has 0 saturated heterocycles. The highest BCUT2D eigenvalue weighted by molar-refractivity contribution is 5.82. The van der Waals surface area contributed by atoms with Crippen LogP contribution in [0.2, 0.25) is 0 Å². The van der Waals surface area contributed by atoms with Gasteiger partial charge in [0, 0.05) is 14.0 Å². The van der Waals surface area contributed by atoms with Gasteiger partial charge < -0.3 is 9.64 Å². The third-order valence-electron chi connectivity index (χ3n) is 1.62. The third-order valence-corrected chi connectivity index (χ3v) is 1.62. The summed E-state index contributed by atoms with van der Waals surface area (Å²) in [5.41, 5.74) is 0. The van der Waals surface area contributed by atoms with Crippen molar-refractivity contribution in [3.63, 3.8) is 0 Å². The summed E-state index contributed by atoms with van der Waals surface area (Å²) >= 11 is 0. The molecule has 1 unspecified atom stereocenters. The maximum atomic E-state index is 10.8. The molecule has 0 aromatic rings. The molecule has 0 N–H and O–H groups in total. The van der Waals surface area contributed by atoms with Crippen molar-refractivity contribution in [3.05, 3.63) is 0 Å². The summed E-state index contributed by atoms with van der Waals surface area (Å²) in [6, 6.07) is -0.502. The molecular weight excluding hydrogens is 146 g/mol. The van der Waals surface area contributed by atoms with Crippen LogP contribution in [0.5, 0.6) is 0 Å². The predicted molar refractivity (Wildman–Crippen MR) is 39.9 cm³/mol. The minimum atomic E-state index is -0.502. The third kappa shape index (κ3) is 2.57. The Morgan fingerprint density at radius 3 is 2.18 bits per heavy atom. The molecular formula is C7H13NO3. The standard InChI is InChI=1S/C7H13NO3/c1-5(7(10)11-4)8(3)6(2)9/h5H,1-4H3. The van der Waals surface area contributed by atoms with Gasteiger partial charge in [0.1, 0.15) is 6.04 Å². The first-order valence-electron chi connectivity index (χ1n) is 3.32. The van der Waals surface area contributed by atoms with Gasteiger partial charge >= 0.3 is 5.97 Å². The quantitative estimate of drug-likeness (QED) is 0.534. The van der Waals surface area contributed by atoms with Gasteiger partial charge in [-0.1, -0.05) is 0 Å². The minimum absolute atomic E-state index is 0.150. The normalized spacial score (nSPS) is 12.0. The minimum Gasteiger partial charge on any atom is -0.467 e. The highest BCUT2D eigenvalue weighted by atomic mass is 16.5. The van der Waals surface area contributed by atoms with Gasteiger partial charge in [-0.3, -0.25) is 4.79 Å². The molecule has 0 aliphatic heterocycles. The molecule has 0 spiro atoms. The molecule has 4 nitrogen and oxygen atoms in total. The fourth-order valence-corrected chi connectivity index (χ4v) is 0.601. The van der Waals surface area contributed by atoms with Gasteiger partial charge in [0.05, 0.1) is 7.11 Å². The van der Waals surface area contributed by atoms with E-state index in [9.17, 15) is 9.59 Å². The molecule has 1 atom stereocenters. The van der Waals surface area contributed by atoms with Crippen molar-refractivity contribution >= 4 is 11.9 Å². The van der Waals surface area contributed by atoms with Gasteiger partial charge in [0.25, 0.3) is 0 Å². The largest absolute Gasteiger partial charge is 0.467 e. The number of amides is 1. The fraction of sp³-hybridized carbons (Fsp3) is 0.714. The molecule has 0 aliphatic carbocycles. The number of ether oxygens (including phenoxy) is 1. The van der Waals surface area contributed by atoms with E-state index >= 15 is 0 Å². The van der Waals surface area contributed by atoms with E-state index in [4.69, 9.17) is 0 Å². The second kappa shape index (κ2) is 3.95. The average molecular weight is 159 g/mol.